The molecule has 0 spiro atoms. The number of esters is 1. The molecular weight excluding hydrogens is 311 g/mol. The van der Waals surface area contributed by atoms with Gasteiger partial charge in [0.2, 0.25) is 5.54 Å². The average Bonchev–Trinajstić information content (AvgIpc) is 3.00. The Morgan fingerprint density at radius 1 is 1.17 bits per heavy atom. The first kappa shape index (κ1) is 16.9. The topological polar surface area (TPSA) is 51.5 Å². The summed E-state index contributed by atoms with van der Waals surface area (Å²) in [5.41, 5.74) is -2.61. The van der Waals surface area contributed by atoms with Crippen molar-refractivity contribution in [2.75, 3.05) is 6.61 Å². The largest absolute Gasteiger partial charge is 0.508 e. The predicted molar refractivity (Wildman–Crippen MR) is 76.9 cm³/mol. The third-order valence-electron chi connectivity index (χ3n) is 3.52. The fourth-order valence-electron chi connectivity index (χ4n) is 2.38. The van der Waals surface area contributed by atoms with Gasteiger partial charge in [-0.05, 0) is 36.8 Å². The maximum absolute atomic E-state index is 13.9. The second-order valence-electron chi connectivity index (χ2n) is 5.01. The van der Waals surface area contributed by atoms with Crippen LogP contribution in [0, 0.1) is 0 Å². The van der Waals surface area contributed by atoms with Crippen molar-refractivity contribution < 1.29 is 27.8 Å². The van der Waals surface area contributed by atoms with E-state index in [2.05, 4.69) is 0 Å². The van der Waals surface area contributed by atoms with Crippen molar-refractivity contribution in [1.82, 2.24) is 4.57 Å². The summed E-state index contributed by atoms with van der Waals surface area (Å²) in [6.07, 6.45) is -3.13. The van der Waals surface area contributed by atoms with E-state index >= 15 is 0 Å². The summed E-state index contributed by atoms with van der Waals surface area (Å²) in [4.78, 5) is 12.3. The van der Waals surface area contributed by atoms with Crippen molar-refractivity contribution in [3.63, 3.8) is 0 Å². The Morgan fingerprint density at radius 3 is 2.22 bits per heavy atom. The lowest BCUT2D eigenvalue weighted by atomic mass is 9.89. The summed E-state index contributed by atoms with van der Waals surface area (Å²) < 4.78 is 47.3. The molecule has 0 bridgehead atoms. The van der Waals surface area contributed by atoms with Gasteiger partial charge in [-0.2, -0.15) is 13.2 Å². The Morgan fingerprint density at radius 2 is 1.74 bits per heavy atom. The number of rotatable bonds is 5. The predicted octanol–water partition coefficient (Wildman–Crippen LogP) is 3.26. The molecule has 1 aromatic heterocycles. The number of aromatic nitrogens is 1. The lowest BCUT2D eigenvalue weighted by molar-refractivity contribution is -0.227. The van der Waals surface area contributed by atoms with Crippen molar-refractivity contribution in [2.24, 2.45) is 0 Å². The molecule has 1 atom stereocenters. The monoisotopic (exact) mass is 327 g/mol. The number of nitrogens with zero attached hydrogens (tertiary/aromatic N) is 1. The molecular formula is C16H16F3NO3. The molecule has 0 aliphatic heterocycles. The third kappa shape index (κ3) is 3.18. The van der Waals surface area contributed by atoms with Crippen molar-refractivity contribution in [3.8, 4) is 5.75 Å². The molecule has 1 N–H and O–H groups in total. The van der Waals surface area contributed by atoms with Gasteiger partial charge in [0.25, 0.3) is 0 Å². The van der Waals surface area contributed by atoms with Gasteiger partial charge in [-0.25, -0.2) is 4.79 Å². The van der Waals surface area contributed by atoms with Crippen LogP contribution in [-0.4, -0.2) is 28.4 Å². The number of halogens is 3. The van der Waals surface area contributed by atoms with Gasteiger partial charge >= 0.3 is 12.1 Å². The number of hydrogen-bond acceptors (Lipinski definition) is 3. The normalized spacial score (nSPS) is 14.3. The fourth-order valence-corrected chi connectivity index (χ4v) is 2.38. The van der Waals surface area contributed by atoms with Gasteiger partial charge in [0, 0.05) is 18.8 Å². The summed E-state index contributed by atoms with van der Waals surface area (Å²) in [6.45, 7) is 1.29. The van der Waals surface area contributed by atoms with E-state index in [0.29, 0.717) is 0 Å². The van der Waals surface area contributed by atoms with E-state index in [1.54, 1.807) is 0 Å². The number of phenols is 1. The molecule has 124 valence electrons. The summed E-state index contributed by atoms with van der Waals surface area (Å²) in [7, 11) is 0. The van der Waals surface area contributed by atoms with E-state index < -0.39 is 24.1 Å². The van der Waals surface area contributed by atoms with Gasteiger partial charge in [-0.15, -0.1) is 0 Å². The highest BCUT2D eigenvalue weighted by molar-refractivity contribution is 5.80. The molecule has 2 rings (SSSR count). The molecule has 1 heterocycles. The van der Waals surface area contributed by atoms with Gasteiger partial charge in [0.05, 0.1) is 6.61 Å². The number of aromatic hydroxyl groups is 1. The molecule has 23 heavy (non-hydrogen) atoms. The van der Waals surface area contributed by atoms with Crippen LogP contribution in [0.15, 0.2) is 48.8 Å². The minimum Gasteiger partial charge on any atom is -0.508 e. The van der Waals surface area contributed by atoms with E-state index in [4.69, 9.17) is 4.74 Å². The Labute approximate surface area is 131 Å². The molecule has 0 fully saturated rings. The SMILES string of the molecule is CCOC(=O)C(Cc1ccc(O)cc1)(n1cccc1)C(F)(F)F. The summed E-state index contributed by atoms with van der Waals surface area (Å²) in [6, 6.07) is 8.07. The number of hydrogen-bond donors (Lipinski definition) is 1. The van der Waals surface area contributed by atoms with Gasteiger partial charge in [0.1, 0.15) is 5.75 Å². The zero-order valence-electron chi connectivity index (χ0n) is 12.4. The second-order valence-corrected chi connectivity index (χ2v) is 5.01. The first-order chi connectivity index (χ1) is 10.8. The highest BCUT2D eigenvalue weighted by Crippen LogP contribution is 2.41. The van der Waals surface area contributed by atoms with Gasteiger partial charge in [0.15, 0.2) is 0 Å². The highest BCUT2D eigenvalue weighted by atomic mass is 19.4. The van der Waals surface area contributed by atoms with Crippen LogP contribution >= 0.6 is 0 Å². The smallest absolute Gasteiger partial charge is 0.423 e. The molecule has 0 saturated heterocycles. The maximum Gasteiger partial charge on any atom is 0.423 e. The molecule has 0 aliphatic carbocycles. The maximum atomic E-state index is 13.9. The molecule has 2 aromatic rings. The zero-order valence-corrected chi connectivity index (χ0v) is 12.4. The Balaban J connectivity index is 2.56. The van der Waals surface area contributed by atoms with Gasteiger partial charge in [-0.3, -0.25) is 0 Å². The van der Waals surface area contributed by atoms with E-state index in [-0.39, 0.29) is 17.9 Å². The van der Waals surface area contributed by atoms with Crippen molar-refractivity contribution >= 4 is 5.97 Å². The van der Waals surface area contributed by atoms with Crippen LogP contribution in [0.3, 0.4) is 0 Å². The molecule has 7 heteroatoms. The lowest BCUT2D eigenvalue weighted by Gasteiger charge is -2.35. The van der Waals surface area contributed by atoms with Crippen molar-refractivity contribution in [1.29, 1.82) is 0 Å². The number of ether oxygens (including phenoxy) is 1. The first-order valence-corrected chi connectivity index (χ1v) is 6.96. The highest BCUT2D eigenvalue weighted by Gasteiger charge is 2.62. The van der Waals surface area contributed by atoms with E-state index in [9.17, 15) is 23.1 Å². The average molecular weight is 327 g/mol. The molecule has 0 aliphatic rings. The molecule has 0 radical (unpaired) electrons. The van der Waals surface area contributed by atoms with Crippen LogP contribution in [0.4, 0.5) is 13.2 Å². The van der Waals surface area contributed by atoms with E-state index in [1.165, 1.54) is 55.7 Å². The minimum atomic E-state index is -4.86. The zero-order chi connectivity index (χ0) is 17.1. The molecule has 1 unspecified atom stereocenters. The van der Waals surface area contributed by atoms with Crippen LogP contribution in [0.2, 0.25) is 0 Å². The number of carbonyl (C=O) groups is 1. The third-order valence-corrected chi connectivity index (χ3v) is 3.52. The van der Waals surface area contributed by atoms with Crippen LogP contribution in [0.5, 0.6) is 5.75 Å². The minimum absolute atomic E-state index is 0.0662. The Hall–Kier alpha value is -2.44. The van der Waals surface area contributed by atoms with Crippen LogP contribution in [-0.2, 0) is 21.5 Å². The van der Waals surface area contributed by atoms with E-state index in [1.807, 2.05) is 0 Å². The summed E-state index contributed by atoms with van der Waals surface area (Å²) in [5.74, 6) is -1.43. The van der Waals surface area contributed by atoms with Crippen molar-refractivity contribution in [3.05, 3.63) is 54.4 Å². The number of carbonyl (C=O) groups excluding carboxylic acids is 1. The van der Waals surface area contributed by atoms with Crippen LogP contribution < -0.4 is 0 Å². The van der Waals surface area contributed by atoms with Gasteiger partial charge in [-0.1, -0.05) is 12.1 Å². The second kappa shape index (κ2) is 6.36. The van der Waals surface area contributed by atoms with Crippen molar-refractivity contribution in [2.45, 2.75) is 25.1 Å². The summed E-state index contributed by atoms with van der Waals surface area (Å²) in [5, 5.41) is 9.27. The number of alkyl halides is 3. The number of phenolic OH excluding ortho intramolecular Hbond substituents is 1. The summed E-state index contributed by atoms with van der Waals surface area (Å²) >= 11 is 0. The quantitative estimate of drug-likeness (QED) is 0.858. The van der Waals surface area contributed by atoms with Crippen LogP contribution in [0.25, 0.3) is 0 Å². The van der Waals surface area contributed by atoms with Gasteiger partial charge < -0.3 is 14.4 Å². The molecule has 1 aromatic carbocycles. The Kier molecular flexibility index (Phi) is 4.68. The van der Waals surface area contributed by atoms with E-state index in [0.717, 1.165) is 4.57 Å². The molecule has 4 nitrogen and oxygen atoms in total. The molecule has 0 amide bonds. The standard InChI is InChI=1S/C16H16F3NO3/c1-2-23-14(22)15(16(17,18)19,20-9-3-4-10-20)11-12-5-7-13(21)8-6-12/h3-10,21H,2,11H2,1H3. The number of benzene rings is 1. The lowest BCUT2D eigenvalue weighted by Crippen LogP contribution is -2.56. The van der Waals surface area contributed by atoms with Crippen LogP contribution in [0.1, 0.15) is 12.5 Å². The Bertz CT molecular complexity index is 650. The molecule has 0 saturated carbocycles. The fraction of sp³-hybridized carbons (Fsp3) is 0.312. The first-order valence-electron chi connectivity index (χ1n) is 6.96.